The highest BCUT2D eigenvalue weighted by Crippen LogP contribution is 2.30. The van der Waals surface area contributed by atoms with E-state index in [0.29, 0.717) is 21.4 Å². The van der Waals surface area contributed by atoms with Crippen molar-refractivity contribution >= 4 is 41.0 Å². The number of anilines is 1. The van der Waals surface area contributed by atoms with E-state index in [9.17, 15) is 14.0 Å². The lowest BCUT2D eigenvalue weighted by atomic mass is 9.99. The number of aromatic nitrogens is 2. The van der Waals surface area contributed by atoms with Crippen LogP contribution >= 0.6 is 23.2 Å². The Balaban J connectivity index is 2.00. The normalized spacial score (nSPS) is 20.3. The third-order valence-corrected chi connectivity index (χ3v) is 4.63. The summed E-state index contributed by atoms with van der Waals surface area (Å²) in [6.07, 6.45) is -0.100. The molecule has 3 rings (SSSR count). The first-order valence-electron chi connectivity index (χ1n) is 7.51. The second-order valence-electron chi connectivity index (χ2n) is 5.99. The van der Waals surface area contributed by atoms with Crippen LogP contribution < -0.4 is 10.2 Å². The van der Waals surface area contributed by atoms with Crippen LogP contribution in [0.3, 0.4) is 0 Å². The second kappa shape index (κ2) is 6.31. The van der Waals surface area contributed by atoms with Gasteiger partial charge >= 0.3 is 6.03 Å². The molecule has 2 heterocycles. The third kappa shape index (κ3) is 2.98. The minimum Gasteiger partial charge on any atom is -0.323 e. The zero-order valence-electron chi connectivity index (χ0n) is 13.5. The Labute approximate surface area is 153 Å². The highest BCUT2D eigenvalue weighted by molar-refractivity contribution is 6.35. The van der Waals surface area contributed by atoms with Gasteiger partial charge in [-0.05, 0) is 32.0 Å². The SMILES string of the molecule is Cc1cc(N2C(=O)NC(C)(CCF)C2=O)nn1-c1ccc(Cl)cc1Cl. The van der Waals surface area contributed by atoms with Crippen molar-refractivity contribution in [3.8, 4) is 5.69 Å². The van der Waals surface area contributed by atoms with Crippen LogP contribution in [0.25, 0.3) is 5.69 Å². The van der Waals surface area contributed by atoms with E-state index < -0.39 is 24.2 Å². The quantitative estimate of drug-likeness (QED) is 0.817. The van der Waals surface area contributed by atoms with Crippen molar-refractivity contribution in [1.29, 1.82) is 0 Å². The lowest BCUT2D eigenvalue weighted by Gasteiger charge is -2.19. The van der Waals surface area contributed by atoms with Crippen LogP contribution in [0.5, 0.6) is 0 Å². The van der Waals surface area contributed by atoms with Gasteiger partial charge in [-0.15, -0.1) is 5.10 Å². The summed E-state index contributed by atoms with van der Waals surface area (Å²) < 4.78 is 14.2. The fourth-order valence-electron chi connectivity index (χ4n) is 2.72. The number of amides is 3. The van der Waals surface area contributed by atoms with Crippen LogP contribution in [-0.4, -0.2) is 33.9 Å². The van der Waals surface area contributed by atoms with E-state index in [1.165, 1.54) is 11.6 Å². The molecule has 1 aliphatic heterocycles. The number of imide groups is 1. The van der Waals surface area contributed by atoms with Crippen LogP contribution in [0.15, 0.2) is 24.3 Å². The first-order valence-corrected chi connectivity index (χ1v) is 8.27. The van der Waals surface area contributed by atoms with Crippen LogP contribution in [-0.2, 0) is 4.79 Å². The molecule has 132 valence electrons. The molecule has 1 fully saturated rings. The van der Waals surface area contributed by atoms with Gasteiger partial charge in [0.05, 0.1) is 17.4 Å². The predicted octanol–water partition coefficient (Wildman–Crippen LogP) is 3.66. The van der Waals surface area contributed by atoms with Crippen LogP contribution in [0.2, 0.25) is 10.0 Å². The second-order valence-corrected chi connectivity index (χ2v) is 6.84. The number of halogens is 3. The highest BCUT2D eigenvalue weighted by Gasteiger charge is 2.49. The molecule has 1 saturated heterocycles. The summed E-state index contributed by atoms with van der Waals surface area (Å²) in [5.41, 5.74) is -0.0474. The average Bonchev–Trinajstić information content (AvgIpc) is 2.98. The maximum absolute atomic E-state index is 12.7. The molecular formula is C16H15Cl2FN4O2. The predicted molar refractivity (Wildman–Crippen MR) is 93.3 cm³/mol. The first kappa shape index (κ1) is 17.7. The Morgan fingerprint density at radius 2 is 2.00 bits per heavy atom. The molecule has 0 bridgehead atoms. The Kier molecular flexibility index (Phi) is 4.47. The van der Waals surface area contributed by atoms with Gasteiger partial charge in [-0.1, -0.05) is 23.2 Å². The van der Waals surface area contributed by atoms with Crippen LogP contribution in [0.4, 0.5) is 15.0 Å². The van der Waals surface area contributed by atoms with E-state index in [2.05, 4.69) is 10.4 Å². The van der Waals surface area contributed by atoms with Gasteiger partial charge in [0.15, 0.2) is 5.82 Å². The van der Waals surface area contributed by atoms with Gasteiger partial charge in [-0.3, -0.25) is 9.18 Å². The molecule has 0 aliphatic carbocycles. The number of urea groups is 1. The van der Waals surface area contributed by atoms with Crippen LogP contribution in [0, 0.1) is 6.92 Å². The number of carbonyl (C=O) groups excluding carboxylic acids is 2. The van der Waals surface area contributed by atoms with Crippen molar-refractivity contribution < 1.29 is 14.0 Å². The topological polar surface area (TPSA) is 67.2 Å². The Morgan fingerprint density at radius 1 is 1.28 bits per heavy atom. The summed E-state index contributed by atoms with van der Waals surface area (Å²) in [5, 5.41) is 7.70. The van der Waals surface area contributed by atoms with Crippen molar-refractivity contribution in [2.45, 2.75) is 25.8 Å². The van der Waals surface area contributed by atoms with E-state index in [1.54, 1.807) is 31.2 Å². The number of nitrogens with one attached hydrogen (secondary N) is 1. The molecule has 9 heteroatoms. The van der Waals surface area contributed by atoms with Crippen molar-refractivity contribution in [3.63, 3.8) is 0 Å². The molecule has 25 heavy (non-hydrogen) atoms. The maximum Gasteiger partial charge on any atom is 0.330 e. The van der Waals surface area contributed by atoms with Crippen molar-refractivity contribution in [1.82, 2.24) is 15.1 Å². The molecule has 1 unspecified atom stereocenters. The van der Waals surface area contributed by atoms with Crippen molar-refractivity contribution in [3.05, 3.63) is 40.0 Å². The van der Waals surface area contributed by atoms with Gasteiger partial charge < -0.3 is 5.32 Å². The lowest BCUT2D eigenvalue weighted by Crippen LogP contribution is -2.44. The number of carbonyl (C=O) groups is 2. The molecule has 0 saturated carbocycles. The zero-order valence-corrected chi connectivity index (χ0v) is 15.0. The number of alkyl halides is 1. The number of hydrogen-bond acceptors (Lipinski definition) is 3. The minimum absolute atomic E-state index is 0.100. The summed E-state index contributed by atoms with van der Waals surface area (Å²) in [6.45, 7) is 2.54. The van der Waals surface area contributed by atoms with Gasteiger partial charge in [0.2, 0.25) is 0 Å². The van der Waals surface area contributed by atoms with E-state index in [1.807, 2.05) is 0 Å². The molecule has 6 nitrogen and oxygen atoms in total. The molecule has 3 amide bonds. The summed E-state index contributed by atoms with van der Waals surface area (Å²) in [6, 6.07) is 5.88. The highest BCUT2D eigenvalue weighted by atomic mass is 35.5. The standard InChI is InChI=1S/C16H15Cl2FN4O2/c1-9-7-13(21-23(9)12-4-3-10(17)8-11(12)18)22-14(24)16(2,5-6-19)20-15(22)25/h3-4,7-8H,5-6H2,1-2H3,(H,20,25). The lowest BCUT2D eigenvalue weighted by molar-refractivity contribution is -0.121. The molecule has 1 aliphatic rings. The fraction of sp³-hybridized carbons (Fsp3) is 0.312. The van der Waals surface area contributed by atoms with E-state index in [-0.39, 0.29) is 12.2 Å². The largest absolute Gasteiger partial charge is 0.330 e. The summed E-state index contributed by atoms with van der Waals surface area (Å²) >= 11 is 12.1. The molecule has 1 atom stereocenters. The molecule has 0 radical (unpaired) electrons. The average molecular weight is 385 g/mol. The van der Waals surface area contributed by atoms with Gasteiger partial charge in [-0.25, -0.2) is 14.4 Å². The fourth-order valence-corrected chi connectivity index (χ4v) is 3.20. The molecule has 1 aromatic heterocycles. The molecule has 0 spiro atoms. The number of benzene rings is 1. The van der Waals surface area contributed by atoms with Gasteiger partial charge in [0.25, 0.3) is 5.91 Å². The van der Waals surface area contributed by atoms with Gasteiger partial charge in [0.1, 0.15) is 5.54 Å². The zero-order chi connectivity index (χ0) is 18.4. The summed E-state index contributed by atoms with van der Waals surface area (Å²) in [5.74, 6) is -0.393. The van der Waals surface area contributed by atoms with Crippen molar-refractivity contribution in [2.75, 3.05) is 11.6 Å². The smallest absolute Gasteiger partial charge is 0.323 e. The van der Waals surface area contributed by atoms with E-state index in [4.69, 9.17) is 23.2 Å². The monoisotopic (exact) mass is 384 g/mol. The summed E-state index contributed by atoms with van der Waals surface area (Å²) in [4.78, 5) is 25.7. The van der Waals surface area contributed by atoms with Gasteiger partial charge in [-0.2, -0.15) is 0 Å². The van der Waals surface area contributed by atoms with Crippen molar-refractivity contribution in [2.24, 2.45) is 0 Å². The van der Waals surface area contributed by atoms with Gasteiger partial charge in [0, 0.05) is 23.2 Å². The third-order valence-electron chi connectivity index (χ3n) is 4.10. The number of nitrogens with zero attached hydrogens (tertiary/aromatic N) is 3. The maximum atomic E-state index is 12.7. The summed E-state index contributed by atoms with van der Waals surface area (Å²) in [7, 11) is 0. The Morgan fingerprint density at radius 3 is 2.64 bits per heavy atom. The van der Waals surface area contributed by atoms with E-state index >= 15 is 0 Å². The first-order chi connectivity index (χ1) is 11.8. The molecule has 2 aromatic rings. The van der Waals surface area contributed by atoms with Crippen LogP contribution in [0.1, 0.15) is 19.0 Å². The molecule has 1 N–H and O–H groups in total. The van der Waals surface area contributed by atoms with E-state index in [0.717, 1.165) is 4.90 Å². The Bertz CT molecular complexity index is 870. The number of aryl methyl sites for hydroxylation is 1. The molecule has 1 aromatic carbocycles. The Hall–Kier alpha value is -2.12. The number of rotatable bonds is 4. The molecular weight excluding hydrogens is 370 g/mol. The number of hydrogen-bond donors (Lipinski definition) is 1. The minimum atomic E-state index is -1.28.